The molecule has 0 bridgehead atoms. The molecular weight excluding hydrogens is 256 g/mol. The van der Waals surface area contributed by atoms with Crippen molar-refractivity contribution >= 4 is 5.91 Å². The fourth-order valence-electron chi connectivity index (χ4n) is 3.04. The molecule has 2 rings (SSSR count). The van der Waals surface area contributed by atoms with Gasteiger partial charge in [-0.1, -0.05) is 0 Å². The lowest BCUT2D eigenvalue weighted by molar-refractivity contribution is -0.127. The zero-order valence-corrected chi connectivity index (χ0v) is 12.5. The Bertz CT molecular complexity index is 314. The van der Waals surface area contributed by atoms with E-state index in [1.807, 2.05) is 0 Å². The first kappa shape index (κ1) is 15.7. The molecule has 0 aliphatic carbocycles. The minimum atomic E-state index is 0.108. The van der Waals surface area contributed by atoms with Gasteiger partial charge < -0.3 is 20.7 Å². The predicted octanol–water partition coefficient (Wildman–Crippen LogP) is -0.896. The van der Waals surface area contributed by atoms with Gasteiger partial charge in [0.15, 0.2) is 0 Å². The third-order valence-electron chi connectivity index (χ3n) is 4.12. The summed E-state index contributed by atoms with van der Waals surface area (Å²) >= 11 is 0. The van der Waals surface area contributed by atoms with Gasteiger partial charge in [0.25, 0.3) is 0 Å². The molecule has 2 fully saturated rings. The van der Waals surface area contributed by atoms with Gasteiger partial charge >= 0.3 is 0 Å². The molecule has 0 aromatic rings. The minimum absolute atomic E-state index is 0.108. The molecule has 6 heteroatoms. The van der Waals surface area contributed by atoms with E-state index in [1.54, 1.807) is 0 Å². The zero-order valence-electron chi connectivity index (χ0n) is 12.5. The first-order chi connectivity index (χ1) is 9.69. The van der Waals surface area contributed by atoms with Crippen LogP contribution in [-0.2, 0) is 9.53 Å². The molecule has 2 aliphatic rings. The average molecular weight is 284 g/mol. The Morgan fingerprint density at radius 1 is 1.40 bits per heavy atom. The molecule has 116 valence electrons. The molecule has 0 spiro atoms. The van der Waals surface area contributed by atoms with Crippen LogP contribution >= 0.6 is 0 Å². The number of hydrogen-bond donors (Lipinski definition) is 2. The SMILES string of the molecule is CN1CCOC(CN2CCCC(C(=O)NCCN)C2)C1. The average Bonchev–Trinajstić information content (AvgIpc) is 2.45. The van der Waals surface area contributed by atoms with Crippen molar-refractivity contribution in [1.29, 1.82) is 0 Å². The van der Waals surface area contributed by atoms with Gasteiger partial charge in [0.05, 0.1) is 18.6 Å². The number of likely N-dealkylation sites (N-methyl/N-ethyl adjacent to an activating group) is 1. The van der Waals surface area contributed by atoms with Gasteiger partial charge in [0, 0.05) is 39.3 Å². The van der Waals surface area contributed by atoms with Crippen LogP contribution in [0, 0.1) is 5.92 Å². The summed E-state index contributed by atoms with van der Waals surface area (Å²) in [5.41, 5.74) is 5.42. The number of carbonyl (C=O) groups is 1. The third kappa shape index (κ3) is 4.70. The van der Waals surface area contributed by atoms with E-state index in [2.05, 4.69) is 22.2 Å². The van der Waals surface area contributed by atoms with Crippen molar-refractivity contribution in [2.45, 2.75) is 18.9 Å². The minimum Gasteiger partial charge on any atom is -0.374 e. The summed E-state index contributed by atoms with van der Waals surface area (Å²) in [5.74, 6) is 0.262. The highest BCUT2D eigenvalue weighted by molar-refractivity contribution is 5.78. The van der Waals surface area contributed by atoms with Crippen molar-refractivity contribution in [3.05, 3.63) is 0 Å². The Balaban J connectivity index is 1.76. The first-order valence-electron chi connectivity index (χ1n) is 7.69. The highest BCUT2D eigenvalue weighted by Crippen LogP contribution is 2.18. The topological polar surface area (TPSA) is 70.8 Å². The van der Waals surface area contributed by atoms with Gasteiger partial charge in [0.1, 0.15) is 0 Å². The molecule has 0 aromatic carbocycles. The van der Waals surface area contributed by atoms with E-state index in [9.17, 15) is 4.79 Å². The Kier molecular flexibility index (Phi) is 6.22. The Hall–Kier alpha value is -0.690. The van der Waals surface area contributed by atoms with Crippen LogP contribution in [0.5, 0.6) is 0 Å². The molecular formula is C14H28N4O2. The standard InChI is InChI=1S/C14H28N4O2/c1-17-7-8-20-13(10-17)11-18-6-2-3-12(9-18)14(19)16-5-4-15/h12-13H,2-11,15H2,1H3,(H,16,19). The number of piperidine rings is 1. The van der Waals surface area contributed by atoms with Gasteiger partial charge in [-0.15, -0.1) is 0 Å². The van der Waals surface area contributed by atoms with Crippen LogP contribution in [0.15, 0.2) is 0 Å². The lowest BCUT2D eigenvalue weighted by Crippen LogP contribution is -2.50. The summed E-state index contributed by atoms with van der Waals surface area (Å²) in [7, 11) is 2.13. The van der Waals surface area contributed by atoms with E-state index in [0.717, 1.165) is 52.2 Å². The molecule has 3 N–H and O–H groups in total. The third-order valence-corrected chi connectivity index (χ3v) is 4.12. The summed E-state index contributed by atoms with van der Waals surface area (Å²) < 4.78 is 5.81. The summed E-state index contributed by atoms with van der Waals surface area (Å²) in [6, 6.07) is 0. The maximum absolute atomic E-state index is 12.0. The van der Waals surface area contributed by atoms with Crippen molar-refractivity contribution in [2.75, 3.05) is 59.5 Å². The van der Waals surface area contributed by atoms with Crippen LogP contribution in [0.4, 0.5) is 0 Å². The van der Waals surface area contributed by atoms with Gasteiger partial charge in [-0.3, -0.25) is 9.69 Å². The van der Waals surface area contributed by atoms with Crippen LogP contribution in [-0.4, -0.2) is 81.3 Å². The second kappa shape index (κ2) is 7.93. The fraction of sp³-hybridized carbons (Fsp3) is 0.929. The number of nitrogens with zero attached hydrogens (tertiary/aromatic N) is 2. The molecule has 2 aliphatic heterocycles. The van der Waals surface area contributed by atoms with E-state index in [0.29, 0.717) is 13.1 Å². The molecule has 2 atom stereocenters. The number of amides is 1. The van der Waals surface area contributed by atoms with Crippen LogP contribution in [0.1, 0.15) is 12.8 Å². The number of morpholine rings is 1. The molecule has 6 nitrogen and oxygen atoms in total. The van der Waals surface area contributed by atoms with Crippen molar-refractivity contribution in [3.63, 3.8) is 0 Å². The molecule has 20 heavy (non-hydrogen) atoms. The number of rotatable bonds is 5. The van der Waals surface area contributed by atoms with E-state index in [1.165, 1.54) is 0 Å². The van der Waals surface area contributed by atoms with Gasteiger partial charge in [0.2, 0.25) is 5.91 Å². The predicted molar refractivity (Wildman–Crippen MR) is 78.5 cm³/mol. The van der Waals surface area contributed by atoms with Crippen LogP contribution in [0.3, 0.4) is 0 Å². The Labute approximate surface area is 121 Å². The van der Waals surface area contributed by atoms with Crippen LogP contribution in [0.2, 0.25) is 0 Å². The Morgan fingerprint density at radius 2 is 2.25 bits per heavy atom. The molecule has 2 saturated heterocycles. The van der Waals surface area contributed by atoms with Gasteiger partial charge in [-0.2, -0.15) is 0 Å². The van der Waals surface area contributed by atoms with E-state index in [4.69, 9.17) is 10.5 Å². The summed E-state index contributed by atoms with van der Waals surface area (Å²) in [5, 5.41) is 2.90. The monoisotopic (exact) mass is 284 g/mol. The number of ether oxygens (including phenoxy) is 1. The second-order valence-electron chi connectivity index (χ2n) is 5.93. The van der Waals surface area contributed by atoms with Gasteiger partial charge in [-0.25, -0.2) is 0 Å². The highest BCUT2D eigenvalue weighted by Gasteiger charge is 2.28. The molecule has 0 aromatic heterocycles. The van der Waals surface area contributed by atoms with Crippen molar-refractivity contribution < 1.29 is 9.53 Å². The molecule has 0 saturated carbocycles. The quantitative estimate of drug-likeness (QED) is 0.685. The lowest BCUT2D eigenvalue weighted by Gasteiger charge is -2.37. The lowest BCUT2D eigenvalue weighted by atomic mass is 9.96. The smallest absolute Gasteiger partial charge is 0.224 e. The number of carbonyl (C=O) groups excluding carboxylic acids is 1. The number of hydrogen-bond acceptors (Lipinski definition) is 5. The second-order valence-corrected chi connectivity index (χ2v) is 5.93. The molecule has 1 amide bonds. The van der Waals surface area contributed by atoms with E-state index in [-0.39, 0.29) is 17.9 Å². The summed E-state index contributed by atoms with van der Waals surface area (Å²) in [6.45, 7) is 6.75. The number of likely N-dealkylation sites (tertiary alicyclic amines) is 1. The maximum Gasteiger partial charge on any atom is 0.224 e. The summed E-state index contributed by atoms with van der Waals surface area (Å²) in [6.07, 6.45) is 2.35. The normalized spacial score (nSPS) is 29.3. The van der Waals surface area contributed by atoms with E-state index >= 15 is 0 Å². The molecule has 2 heterocycles. The first-order valence-corrected chi connectivity index (χ1v) is 7.69. The highest BCUT2D eigenvalue weighted by atomic mass is 16.5. The number of nitrogens with two attached hydrogens (primary N) is 1. The number of nitrogens with one attached hydrogen (secondary N) is 1. The fourth-order valence-corrected chi connectivity index (χ4v) is 3.04. The van der Waals surface area contributed by atoms with Crippen LogP contribution in [0.25, 0.3) is 0 Å². The van der Waals surface area contributed by atoms with Gasteiger partial charge in [-0.05, 0) is 26.4 Å². The molecule has 2 unspecified atom stereocenters. The summed E-state index contributed by atoms with van der Waals surface area (Å²) in [4.78, 5) is 16.7. The largest absolute Gasteiger partial charge is 0.374 e. The van der Waals surface area contributed by atoms with E-state index < -0.39 is 0 Å². The van der Waals surface area contributed by atoms with Crippen molar-refractivity contribution in [2.24, 2.45) is 11.7 Å². The van der Waals surface area contributed by atoms with Crippen molar-refractivity contribution in [1.82, 2.24) is 15.1 Å². The van der Waals surface area contributed by atoms with Crippen LogP contribution < -0.4 is 11.1 Å². The zero-order chi connectivity index (χ0) is 14.4. The Morgan fingerprint density at radius 3 is 3.00 bits per heavy atom. The maximum atomic E-state index is 12.0. The molecule has 0 radical (unpaired) electrons. The van der Waals surface area contributed by atoms with Crippen molar-refractivity contribution in [3.8, 4) is 0 Å².